The topological polar surface area (TPSA) is 91.4 Å². The van der Waals surface area contributed by atoms with Crippen molar-refractivity contribution < 1.29 is 9.53 Å². The minimum Gasteiger partial charge on any atom is -0.385 e. The van der Waals surface area contributed by atoms with Crippen LogP contribution in [0.25, 0.3) is 0 Å². The van der Waals surface area contributed by atoms with E-state index in [9.17, 15) is 10.1 Å². The Morgan fingerprint density at radius 2 is 1.96 bits per heavy atom. The van der Waals surface area contributed by atoms with E-state index in [4.69, 9.17) is 10.5 Å². The number of carbonyl (C=O) groups is 1. The van der Waals surface area contributed by atoms with Gasteiger partial charge in [-0.1, -0.05) is 0 Å². The SMILES string of the molecule is COCCCNC(=O)/C(C#N)=C\N1C(C)(C)CC(N)CC1(C)C. The first-order chi connectivity index (χ1) is 10.6. The number of carbonyl (C=O) groups excluding carboxylic acids is 1. The van der Waals surface area contributed by atoms with E-state index in [1.165, 1.54) is 0 Å². The standard InChI is InChI=1S/C17H30N4O2/c1-16(2)9-14(19)10-17(3,4)21(16)12-13(11-18)15(22)20-7-6-8-23-5/h12,14H,6-10,19H2,1-5H3,(H,20,22)/b13-12-. The third-order valence-corrected chi connectivity index (χ3v) is 4.26. The number of likely N-dealkylation sites (tertiary alicyclic amines) is 1. The normalized spacial score (nSPS) is 20.9. The van der Waals surface area contributed by atoms with E-state index in [-0.39, 0.29) is 28.6 Å². The van der Waals surface area contributed by atoms with E-state index < -0.39 is 0 Å². The number of hydrogen-bond donors (Lipinski definition) is 2. The monoisotopic (exact) mass is 322 g/mol. The van der Waals surface area contributed by atoms with Crippen LogP contribution in [0, 0.1) is 11.3 Å². The molecule has 0 aliphatic carbocycles. The van der Waals surface area contributed by atoms with Crippen molar-refractivity contribution in [3.8, 4) is 6.07 Å². The van der Waals surface area contributed by atoms with Crippen molar-refractivity contribution in [3.05, 3.63) is 11.8 Å². The molecule has 1 heterocycles. The molecule has 1 saturated heterocycles. The van der Waals surface area contributed by atoms with Crippen LogP contribution in [0.4, 0.5) is 0 Å². The summed E-state index contributed by atoms with van der Waals surface area (Å²) in [4.78, 5) is 14.3. The van der Waals surface area contributed by atoms with Crippen molar-refractivity contribution in [2.45, 2.75) is 64.1 Å². The maximum Gasteiger partial charge on any atom is 0.263 e. The number of nitrogens with two attached hydrogens (primary N) is 1. The van der Waals surface area contributed by atoms with Gasteiger partial charge in [0.2, 0.25) is 0 Å². The van der Waals surface area contributed by atoms with E-state index in [2.05, 4.69) is 37.9 Å². The highest BCUT2D eigenvalue weighted by Gasteiger charge is 2.43. The van der Waals surface area contributed by atoms with Crippen LogP contribution in [0.1, 0.15) is 47.0 Å². The van der Waals surface area contributed by atoms with E-state index in [1.54, 1.807) is 13.3 Å². The molecule has 0 aromatic heterocycles. The molecule has 1 rings (SSSR count). The number of amides is 1. The third-order valence-electron chi connectivity index (χ3n) is 4.26. The Hall–Kier alpha value is -1.58. The van der Waals surface area contributed by atoms with Crippen molar-refractivity contribution in [3.63, 3.8) is 0 Å². The van der Waals surface area contributed by atoms with E-state index in [0.29, 0.717) is 13.2 Å². The van der Waals surface area contributed by atoms with Crippen molar-refractivity contribution in [2.75, 3.05) is 20.3 Å². The molecule has 3 N–H and O–H groups in total. The highest BCUT2D eigenvalue weighted by Crippen LogP contribution is 2.38. The zero-order chi connectivity index (χ0) is 17.7. The van der Waals surface area contributed by atoms with Crippen molar-refractivity contribution >= 4 is 5.91 Å². The van der Waals surface area contributed by atoms with Gasteiger partial charge in [0.05, 0.1) is 0 Å². The van der Waals surface area contributed by atoms with Crippen LogP contribution in [0.15, 0.2) is 11.8 Å². The summed E-state index contributed by atoms with van der Waals surface area (Å²) < 4.78 is 4.95. The number of ether oxygens (including phenoxy) is 1. The minimum absolute atomic E-state index is 0.123. The number of methoxy groups -OCH3 is 1. The minimum atomic E-state index is -0.343. The van der Waals surface area contributed by atoms with E-state index in [1.807, 2.05) is 6.07 Å². The van der Waals surface area contributed by atoms with E-state index >= 15 is 0 Å². The fraction of sp³-hybridized carbons (Fsp3) is 0.765. The van der Waals surface area contributed by atoms with Gasteiger partial charge in [-0.2, -0.15) is 5.26 Å². The molecule has 0 radical (unpaired) electrons. The summed E-state index contributed by atoms with van der Waals surface area (Å²) >= 11 is 0. The zero-order valence-electron chi connectivity index (χ0n) is 15.0. The van der Waals surface area contributed by atoms with Crippen LogP contribution < -0.4 is 11.1 Å². The lowest BCUT2D eigenvalue weighted by atomic mass is 9.77. The predicted octanol–water partition coefficient (Wildman–Crippen LogP) is 1.53. The highest BCUT2D eigenvalue weighted by atomic mass is 16.5. The lowest BCUT2D eigenvalue weighted by molar-refractivity contribution is -0.117. The summed E-state index contributed by atoms with van der Waals surface area (Å²) in [6.45, 7) is 9.44. The Bertz CT molecular complexity index is 473. The molecule has 6 nitrogen and oxygen atoms in total. The number of nitrogens with one attached hydrogen (secondary N) is 1. The molecule has 0 aromatic carbocycles. The van der Waals surface area contributed by atoms with Crippen LogP contribution in [-0.4, -0.2) is 48.2 Å². The summed E-state index contributed by atoms with van der Waals surface area (Å²) in [5, 5.41) is 12.1. The molecule has 1 fully saturated rings. The van der Waals surface area contributed by atoms with E-state index in [0.717, 1.165) is 19.3 Å². The molecule has 23 heavy (non-hydrogen) atoms. The summed E-state index contributed by atoms with van der Waals surface area (Å²) in [7, 11) is 1.62. The Balaban J connectivity index is 2.90. The molecular weight excluding hydrogens is 292 g/mol. The summed E-state index contributed by atoms with van der Waals surface area (Å²) in [5.74, 6) is -0.343. The van der Waals surface area contributed by atoms with Gasteiger partial charge in [-0.05, 0) is 47.0 Å². The zero-order valence-corrected chi connectivity index (χ0v) is 15.0. The van der Waals surface area contributed by atoms with Gasteiger partial charge in [0.15, 0.2) is 0 Å². The van der Waals surface area contributed by atoms with Gasteiger partial charge in [0, 0.05) is 43.6 Å². The molecule has 0 aromatic rings. The average molecular weight is 322 g/mol. The van der Waals surface area contributed by atoms with Crippen LogP contribution in [0.3, 0.4) is 0 Å². The number of piperidine rings is 1. The second kappa shape index (κ2) is 7.80. The number of nitriles is 1. The molecule has 6 heteroatoms. The van der Waals surface area contributed by atoms with Gasteiger partial charge in [-0.25, -0.2) is 0 Å². The fourth-order valence-corrected chi connectivity index (χ4v) is 3.50. The molecule has 0 atom stereocenters. The maximum absolute atomic E-state index is 12.2. The van der Waals surface area contributed by atoms with Crippen LogP contribution in [-0.2, 0) is 9.53 Å². The first-order valence-corrected chi connectivity index (χ1v) is 8.08. The Labute approximate surface area is 139 Å². The third kappa shape index (κ3) is 5.22. The Kier molecular flexibility index (Phi) is 6.60. The van der Waals surface area contributed by atoms with Crippen molar-refractivity contribution in [1.82, 2.24) is 10.2 Å². The first kappa shape index (κ1) is 19.5. The maximum atomic E-state index is 12.2. The number of nitrogens with zero attached hydrogens (tertiary/aromatic N) is 2. The van der Waals surface area contributed by atoms with Gasteiger partial charge in [-0.15, -0.1) is 0 Å². The smallest absolute Gasteiger partial charge is 0.263 e. The molecule has 0 spiro atoms. The molecule has 1 amide bonds. The van der Waals surface area contributed by atoms with Crippen LogP contribution in [0.5, 0.6) is 0 Å². The van der Waals surface area contributed by atoms with Gasteiger partial charge in [0.1, 0.15) is 11.6 Å². The number of hydrogen-bond acceptors (Lipinski definition) is 5. The van der Waals surface area contributed by atoms with Crippen molar-refractivity contribution in [1.29, 1.82) is 5.26 Å². The molecule has 130 valence electrons. The van der Waals surface area contributed by atoms with Gasteiger partial charge in [-0.3, -0.25) is 4.79 Å². The summed E-state index contributed by atoms with van der Waals surface area (Å²) in [5.41, 5.74) is 5.87. The van der Waals surface area contributed by atoms with Gasteiger partial charge < -0.3 is 20.7 Å². The lowest BCUT2D eigenvalue weighted by Crippen LogP contribution is -2.61. The summed E-state index contributed by atoms with van der Waals surface area (Å²) in [6.07, 6.45) is 4.05. The first-order valence-electron chi connectivity index (χ1n) is 8.08. The second-order valence-corrected chi connectivity index (χ2v) is 7.42. The molecular formula is C17H30N4O2. The Morgan fingerprint density at radius 1 is 1.39 bits per heavy atom. The average Bonchev–Trinajstić information content (AvgIpc) is 2.41. The molecule has 0 saturated carbocycles. The molecule has 0 bridgehead atoms. The van der Waals surface area contributed by atoms with Crippen molar-refractivity contribution in [2.24, 2.45) is 5.73 Å². The summed E-state index contributed by atoms with van der Waals surface area (Å²) in [6, 6.07) is 2.14. The second-order valence-electron chi connectivity index (χ2n) is 7.42. The van der Waals surface area contributed by atoms with Gasteiger partial charge in [0.25, 0.3) is 5.91 Å². The van der Waals surface area contributed by atoms with Gasteiger partial charge >= 0.3 is 0 Å². The molecule has 0 unspecified atom stereocenters. The Morgan fingerprint density at radius 3 is 2.43 bits per heavy atom. The molecule has 1 aliphatic heterocycles. The fourth-order valence-electron chi connectivity index (χ4n) is 3.50. The quantitative estimate of drug-likeness (QED) is 0.439. The molecule has 1 aliphatic rings. The van der Waals surface area contributed by atoms with Crippen LogP contribution >= 0.6 is 0 Å². The highest BCUT2D eigenvalue weighted by molar-refractivity contribution is 5.97. The number of rotatable bonds is 6. The van der Waals surface area contributed by atoms with Crippen LogP contribution in [0.2, 0.25) is 0 Å². The lowest BCUT2D eigenvalue weighted by Gasteiger charge is -2.54. The predicted molar refractivity (Wildman–Crippen MR) is 90.4 cm³/mol. The largest absolute Gasteiger partial charge is 0.385 e.